The van der Waals surface area contributed by atoms with Crippen molar-refractivity contribution in [1.29, 1.82) is 0 Å². The van der Waals surface area contributed by atoms with Gasteiger partial charge in [0, 0.05) is 0 Å². The highest BCUT2D eigenvalue weighted by Gasteiger charge is 2.29. The number of pyridine rings is 1. The zero-order chi connectivity index (χ0) is 11.6. The Hall–Kier alpha value is -2.12. The average Bonchev–Trinajstić information content (AvgIpc) is 2.16. The Morgan fingerprint density at radius 2 is 2.20 bits per heavy atom. The Labute approximate surface area is 81.3 Å². The molecule has 0 aromatic carbocycles. The van der Waals surface area contributed by atoms with Gasteiger partial charge in [0.1, 0.15) is 5.56 Å². The van der Waals surface area contributed by atoms with E-state index in [4.69, 9.17) is 5.11 Å². The number of carbonyl (C=O) groups is 1. The van der Waals surface area contributed by atoms with E-state index in [2.05, 4.69) is 4.98 Å². The standard InChI is InChI=1S/C7H4F2N2O4/c8-6(9)5-3(2-12)4(13)1-10-7(5)11(14)15/h1-2,6,13H. The lowest BCUT2D eigenvalue weighted by molar-refractivity contribution is -0.391. The fourth-order valence-electron chi connectivity index (χ4n) is 1.00. The van der Waals surface area contributed by atoms with Gasteiger partial charge in [-0.3, -0.25) is 4.79 Å². The lowest BCUT2D eigenvalue weighted by Crippen LogP contribution is -2.03. The average molecular weight is 218 g/mol. The van der Waals surface area contributed by atoms with Gasteiger partial charge in [0.05, 0.1) is 5.56 Å². The lowest BCUT2D eigenvalue weighted by Gasteiger charge is -2.04. The van der Waals surface area contributed by atoms with Gasteiger partial charge in [-0.15, -0.1) is 0 Å². The van der Waals surface area contributed by atoms with Crippen molar-refractivity contribution < 1.29 is 23.6 Å². The van der Waals surface area contributed by atoms with Crippen LogP contribution in [-0.2, 0) is 0 Å². The van der Waals surface area contributed by atoms with Crippen molar-refractivity contribution in [2.45, 2.75) is 6.43 Å². The van der Waals surface area contributed by atoms with E-state index in [0.717, 1.165) is 0 Å². The number of halogens is 2. The van der Waals surface area contributed by atoms with Crippen LogP contribution < -0.4 is 0 Å². The molecule has 1 aromatic heterocycles. The van der Waals surface area contributed by atoms with E-state index < -0.39 is 34.0 Å². The van der Waals surface area contributed by atoms with Gasteiger partial charge in [0.15, 0.2) is 18.2 Å². The van der Waals surface area contributed by atoms with E-state index in [1.807, 2.05) is 0 Å². The second-order valence-corrected chi connectivity index (χ2v) is 2.47. The smallest absolute Gasteiger partial charge is 0.373 e. The van der Waals surface area contributed by atoms with E-state index in [1.165, 1.54) is 0 Å². The predicted molar refractivity (Wildman–Crippen MR) is 42.9 cm³/mol. The summed E-state index contributed by atoms with van der Waals surface area (Å²) in [5.41, 5.74) is -1.98. The molecule has 15 heavy (non-hydrogen) atoms. The summed E-state index contributed by atoms with van der Waals surface area (Å²) in [5, 5.41) is 19.3. The number of nitrogens with zero attached hydrogens (tertiary/aromatic N) is 2. The van der Waals surface area contributed by atoms with Crippen LogP contribution in [0.3, 0.4) is 0 Å². The molecule has 0 spiro atoms. The zero-order valence-electron chi connectivity index (χ0n) is 7.05. The monoisotopic (exact) mass is 218 g/mol. The Morgan fingerprint density at radius 1 is 1.60 bits per heavy atom. The third-order valence-corrected chi connectivity index (χ3v) is 1.63. The van der Waals surface area contributed by atoms with Crippen LogP contribution >= 0.6 is 0 Å². The van der Waals surface area contributed by atoms with Crippen LogP contribution in [0.5, 0.6) is 5.75 Å². The highest BCUT2D eigenvalue weighted by molar-refractivity contribution is 5.82. The normalized spacial score (nSPS) is 10.3. The van der Waals surface area contributed by atoms with E-state index in [0.29, 0.717) is 6.20 Å². The first-order valence-corrected chi connectivity index (χ1v) is 3.58. The minimum absolute atomic E-state index is 0.0779. The van der Waals surface area contributed by atoms with Gasteiger partial charge in [-0.1, -0.05) is 0 Å². The van der Waals surface area contributed by atoms with Crippen molar-refractivity contribution in [3.63, 3.8) is 0 Å². The Kier molecular flexibility index (Phi) is 2.88. The Balaban J connectivity index is 3.56. The summed E-state index contributed by atoms with van der Waals surface area (Å²) in [6.45, 7) is 0. The molecule has 1 aromatic rings. The minimum atomic E-state index is -3.26. The lowest BCUT2D eigenvalue weighted by atomic mass is 10.1. The molecular weight excluding hydrogens is 214 g/mol. The molecule has 6 nitrogen and oxygen atoms in total. The van der Waals surface area contributed by atoms with Crippen molar-refractivity contribution in [3.8, 4) is 5.75 Å². The fraction of sp³-hybridized carbons (Fsp3) is 0.143. The minimum Gasteiger partial charge on any atom is -0.504 e. The third-order valence-electron chi connectivity index (χ3n) is 1.63. The van der Waals surface area contributed by atoms with Crippen LogP contribution in [-0.4, -0.2) is 21.3 Å². The van der Waals surface area contributed by atoms with E-state index in [-0.39, 0.29) is 6.29 Å². The van der Waals surface area contributed by atoms with Crippen LogP contribution in [0.25, 0.3) is 0 Å². The van der Waals surface area contributed by atoms with Gasteiger partial charge in [-0.2, -0.15) is 0 Å². The highest BCUT2D eigenvalue weighted by Crippen LogP contribution is 2.33. The van der Waals surface area contributed by atoms with Crippen molar-refractivity contribution in [3.05, 3.63) is 27.4 Å². The summed E-state index contributed by atoms with van der Waals surface area (Å²) < 4.78 is 24.8. The van der Waals surface area contributed by atoms with E-state index >= 15 is 0 Å². The van der Waals surface area contributed by atoms with Crippen LogP contribution in [0.1, 0.15) is 22.3 Å². The van der Waals surface area contributed by atoms with Crippen molar-refractivity contribution >= 4 is 12.1 Å². The van der Waals surface area contributed by atoms with Crippen LogP contribution in [0.15, 0.2) is 6.20 Å². The van der Waals surface area contributed by atoms with E-state index in [1.54, 1.807) is 0 Å². The maximum atomic E-state index is 12.4. The summed E-state index contributed by atoms with van der Waals surface area (Å²) in [7, 11) is 0. The Bertz CT molecular complexity index is 422. The molecule has 0 bridgehead atoms. The predicted octanol–water partition coefficient (Wildman–Crippen LogP) is 1.45. The molecule has 1 rings (SSSR count). The van der Waals surface area contributed by atoms with Gasteiger partial charge in [0.25, 0.3) is 6.43 Å². The molecule has 0 aliphatic rings. The molecular formula is C7H4F2N2O4. The molecule has 0 aliphatic heterocycles. The van der Waals surface area contributed by atoms with Crippen molar-refractivity contribution in [2.75, 3.05) is 0 Å². The second-order valence-electron chi connectivity index (χ2n) is 2.47. The van der Waals surface area contributed by atoms with Crippen molar-refractivity contribution in [1.82, 2.24) is 4.98 Å². The topological polar surface area (TPSA) is 93.3 Å². The summed E-state index contributed by atoms with van der Waals surface area (Å²) >= 11 is 0. The second kappa shape index (κ2) is 3.95. The molecule has 0 saturated carbocycles. The molecule has 0 radical (unpaired) electrons. The molecule has 0 saturated heterocycles. The Morgan fingerprint density at radius 3 is 2.60 bits per heavy atom. The molecule has 0 amide bonds. The number of rotatable bonds is 3. The number of nitro groups is 1. The first-order valence-electron chi connectivity index (χ1n) is 3.58. The van der Waals surface area contributed by atoms with Gasteiger partial charge in [0.2, 0.25) is 0 Å². The number of alkyl halides is 2. The van der Waals surface area contributed by atoms with Crippen LogP contribution in [0.2, 0.25) is 0 Å². The third kappa shape index (κ3) is 1.87. The van der Waals surface area contributed by atoms with Gasteiger partial charge >= 0.3 is 5.82 Å². The number of hydrogen-bond acceptors (Lipinski definition) is 5. The number of hydrogen-bond donors (Lipinski definition) is 1. The first kappa shape index (κ1) is 11.0. The van der Waals surface area contributed by atoms with E-state index in [9.17, 15) is 23.7 Å². The maximum absolute atomic E-state index is 12.4. The summed E-state index contributed by atoms with van der Waals surface area (Å²) in [4.78, 5) is 22.6. The van der Waals surface area contributed by atoms with Crippen LogP contribution in [0.4, 0.5) is 14.6 Å². The maximum Gasteiger partial charge on any atom is 0.373 e. The molecule has 80 valence electrons. The number of aromatic nitrogens is 1. The largest absolute Gasteiger partial charge is 0.504 e. The zero-order valence-corrected chi connectivity index (χ0v) is 7.05. The molecule has 0 atom stereocenters. The summed E-state index contributed by atoms with van der Waals surface area (Å²) in [5.74, 6) is -1.95. The van der Waals surface area contributed by atoms with Gasteiger partial charge < -0.3 is 15.2 Å². The number of carbonyl (C=O) groups excluding carboxylic acids is 1. The number of aromatic hydroxyl groups is 1. The molecule has 1 heterocycles. The molecule has 1 N–H and O–H groups in total. The SMILES string of the molecule is O=Cc1c(O)cnc([N+](=O)[O-])c1C(F)F. The number of aldehydes is 1. The van der Waals surface area contributed by atoms with Gasteiger partial charge in [-0.05, 0) is 9.91 Å². The molecule has 0 unspecified atom stereocenters. The molecule has 0 aliphatic carbocycles. The molecule has 8 heteroatoms. The summed E-state index contributed by atoms with van der Waals surface area (Å²) in [6.07, 6.45) is -2.76. The first-order chi connectivity index (χ1) is 6.99. The molecule has 0 fully saturated rings. The highest BCUT2D eigenvalue weighted by atomic mass is 19.3. The van der Waals surface area contributed by atoms with Crippen molar-refractivity contribution in [2.24, 2.45) is 0 Å². The quantitative estimate of drug-likeness (QED) is 0.470. The fourth-order valence-corrected chi connectivity index (χ4v) is 1.00. The van der Waals surface area contributed by atoms with Crippen LogP contribution in [0, 0.1) is 10.1 Å². The summed E-state index contributed by atoms with van der Waals surface area (Å²) in [6, 6.07) is 0. The van der Waals surface area contributed by atoms with Gasteiger partial charge in [-0.25, -0.2) is 8.78 Å².